The van der Waals surface area contributed by atoms with E-state index in [-0.39, 0.29) is 23.5 Å². The molecule has 1 atom stereocenters. The van der Waals surface area contributed by atoms with Crippen LogP contribution in [-0.4, -0.2) is 47.8 Å². The third kappa shape index (κ3) is 4.20. The predicted octanol–water partition coefficient (Wildman–Crippen LogP) is 3.47. The van der Waals surface area contributed by atoms with Crippen molar-refractivity contribution in [1.82, 2.24) is 9.80 Å². The normalized spacial score (nSPS) is 21.8. The second kappa shape index (κ2) is 7.98. The summed E-state index contributed by atoms with van der Waals surface area (Å²) in [5.41, 5.74) is 0.482. The number of hydrogen-bond acceptors (Lipinski definition) is 2. The molecular weight excluding hydrogens is 319 g/mol. The Morgan fingerprint density at radius 2 is 1.72 bits per heavy atom. The lowest BCUT2D eigenvalue weighted by Crippen LogP contribution is -2.48. The molecule has 136 valence electrons. The average molecular weight is 346 g/mol. The van der Waals surface area contributed by atoms with Crippen molar-refractivity contribution in [3.8, 4) is 0 Å². The molecule has 2 aliphatic rings. The monoisotopic (exact) mass is 346 g/mol. The Morgan fingerprint density at radius 1 is 1.04 bits per heavy atom. The van der Waals surface area contributed by atoms with Crippen LogP contribution in [0.3, 0.4) is 0 Å². The molecule has 1 aliphatic heterocycles. The summed E-state index contributed by atoms with van der Waals surface area (Å²) in [5.74, 6) is -0.413. The van der Waals surface area contributed by atoms with E-state index in [1.54, 1.807) is 4.90 Å². The van der Waals surface area contributed by atoms with E-state index in [2.05, 4.69) is 0 Å². The summed E-state index contributed by atoms with van der Waals surface area (Å²) in [6.07, 6.45) is 7.51. The first kappa shape index (κ1) is 17.9. The van der Waals surface area contributed by atoms with Crippen LogP contribution in [0.1, 0.15) is 55.3 Å². The molecule has 4 nitrogen and oxygen atoms in total. The molecule has 1 saturated heterocycles. The van der Waals surface area contributed by atoms with Crippen molar-refractivity contribution in [2.75, 3.05) is 20.1 Å². The number of amides is 2. The van der Waals surface area contributed by atoms with E-state index in [1.807, 2.05) is 11.9 Å². The highest BCUT2D eigenvalue weighted by molar-refractivity contribution is 5.94. The van der Waals surface area contributed by atoms with Crippen LogP contribution >= 0.6 is 0 Å². The van der Waals surface area contributed by atoms with Gasteiger partial charge in [0.15, 0.2) is 0 Å². The molecule has 0 bridgehead atoms. The zero-order valence-corrected chi connectivity index (χ0v) is 14.9. The number of piperidine rings is 1. The predicted molar refractivity (Wildman–Crippen MR) is 94.7 cm³/mol. The fraction of sp³-hybridized carbons (Fsp3) is 0.600. The highest BCUT2D eigenvalue weighted by atomic mass is 19.1. The number of likely N-dealkylation sites (tertiary alicyclic amines) is 1. The van der Waals surface area contributed by atoms with Crippen LogP contribution in [0.15, 0.2) is 24.3 Å². The van der Waals surface area contributed by atoms with Gasteiger partial charge in [0.1, 0.15) is 5.82 Å². The van der Waals surface area contributed by atoms with E-state index in [1.165, 1.54) is 43.5 Å². The molecule has 0 radical (unpaired) electrons. The minimum atomic E-state index is -0.350. The fourth-order valence-electron chi connectivity index (χ4n) is 4.07. The lowest BCUT2D eigenvalue weighted by atomic mass is 9.91. The lowest BCUT2D eigenvalue weighted by Gasteiger charge is -2.37. The Morgan fingerprint density at radius 3 is 2.40 bits per heavy atom. The molecule has 0 spiro atoms. The fourth-order valence-corrected chi connectivity index (χ4v) is 4.07. The summed E-state index contributed by atoms with van der Waals surface area (Å²) < 4.78 is 13.1. The summed E-state index contributed by atoms with van der Waals surface area (Å²) in [5, 5.41) is 0. The Hall–Kier alpha value is -1.91. The molecule has 0 N–H and O–H groups in total. The summed E-state index contributed by atoms with van der Waals surface area (Å²) in [6, 6.07) is 5.98. The Balaban J connectivity index is 1.62. The van der Waals surface area contributed by atoms with Crippen molar-refractivity contribution >= 4 is 11.8 Å². The molecule has 5 heteroatoms. The Bertz CT molecular complexity index is 611. The summed E-state index contributed by atoms with van der Waals surface area (Å²) in [6.45, 7) is 1.12. The second-order valence-corrected chi connectivity index (χ2v) is 7.34. The molecule has 2 amide bonds. The first-order valence-electron chi connectivity index (χ1n) is 9.38. The highest BCUT2D eigenvalue weighted by Gasteiger charge is 2.33. The van der Waals surface area contributed by atoms with Gasteiger partial charge in [-0.15, -0.1) is 0 Å². The van der Waals surface area contributed by atoms with Crippen LogP contribution in [0, 0.1) is 11.7 Å². The van der Waals surface area contributed by atoms with Crippen LogP contribution in [0.4, 0.5) is 4.39 Å². The van der Waals surface area contributed by atoms with Gasteiger partial charge in [-0.25, -0.2) is 4.39 Å². The van der Waals surface area contributed by atoms with E-state index in [4.69, 9.17) is 0 Å². The number of halogens is 1. The van der Waals surface area contributed by atoms with Crippen molar-refractivity contribution in [2.24, 2.45) is 5.92 Å². The van der Waals surface area contributed by atoms with Gasteiger partial charge in [-0.1, -0.05) is 19.3 Å². The first-order valence-corrected chi connectivity index (χ1v) is 9.38. The van der Waals surface area contributed by atoms with Gasteiger partial charge in [-0.3, -0.25) is 9.59 Å². The SMILES string of the molecule is CN(C(=O)C1CCCN(C(=O)c2ccc(F)cc2)C1)C1CCCCC1. The van der Waals surface area contributed by atoms with Crippen LogP contribution in [-0.2, 0) is 4.79 Å². The molecule has 1 aromatic rings. The first-order chi connectivity index (χ1) is 12.1. The Labute approximate surface area is 149 Å². The topological polar surface area (TPSA) is 40.6 Å². The van der Waals surface area contributed by atoms with E-state index in [9.17, 15) is 14.0 Å². The maximum absolute atomic E-state index is 13.1. The van der Waals surface area contributed by atoms with Crippen molar-refractivity contribution in [3.05, 3.63) is 35.6 Å². The minimum Gasteiger partial charge on any atom is -0.342 e. The summed E-state index contributed by atoms with van der Waals surface area (Å²) >= 11 is 0. The van der Waals surface area contributed by atoms with Crippen LogP contribution < -0.4 is 0 Å². The average Bonchev–Trinajstić information content (AvgIpc) is 2.67. The molecule has 1 heterocycles. The van der Waals surface area contributed by atoms with E-state index < -0.39 is 0 Å². The lowest BCUT2D eigenvalue weighted by molar-refractivity contribution is -0.138. The van der Waals surface area contributed by atoms with E-state index in [0.717, 1.165) is 25.7 Å². The van der Waals surface area contributed by atoms with Gasteiger partial charge >= 0.3 is 0 Å². The van der Waals surface area contributed by atoms with E-state index in [0.29, 0.717) is 24.7 Å². The van der Waals surface area contributed by atoms with Crippen molar-refractivity contribution < 1.29 is 14.0 Å². The van der Waals surface area contributed by atoms with E-state index >= 15 is 0 Å². The molecular formula is C20H27FN2O2. The van der Waals surface area contributed by atoms with Gasteiger partial charge in [0.2, 0.25) is 5.91 Å². The molecule has 0 aromatic heterocycles. The molecule has 2 fully saturated rings. The van der Waals surface area contributed by atoms with Crippen molar-refractivity contribution in [2.45, 2.75) is 51.0 Å². The second-order valence-electron chi connectivity index (χ2n) is 7.34. The maximum Gasteiger partial charge on any atom is 0.253 e. The van der Waals surface area contributed by atoms with Crippen molar-refractivity contribution in [1.29, 1.82) is 0 Å². The Kier molecular flexibility index (Phi) is 5.71. The molecule has 3 rings (SSSR count). The smallest absolute Gasteiger partial charge is 0.253 e. The standard InChI is InChI=1S/C20H27FN2O2/c1-22(18-7-3-2-4-8-18)19(24)16-6-5-13-23(14-16)20(25)15-9-11-17(21)12-10-15/h9-12,16,18H,2-8,13-14H2,1H3. The number of nitrogens with zero attached hydrogens (tertiary/aromatic N) is 2. The largest absolute Gasteiger partial charge is 0.342 e. The summed E-state index contributed by atoms with van der Waals surface area (Å²) in [4.78, 5) is 29.2. The zero-order valence-electron chi connectivity index (χ0n) is 14.9. The number of carbonyl (C=O) groups excluding carboxylic acids is 2. The van der Waals surface area contributed by atoms with Gasteiger partial charge in [0, 0.05) is 31.7 Å². The molecule has 1 unspecified atom stereocenters. The highest BCUT2D eigenvalue weighted by Crippen LogP contribution is 2.26. The summed E-state index contributed by atoms with van der Waals surface area (Å²) in [7, 11) is 1.92. The molecule has 1 saturated carbocycles. The van der Waals surface area contributed by atoms with Crippen LogP contribution in [0.5, 0.6) is 0 Å². The van der Waals surface area contributed by atoms with Gasteiger partial charge in [0.25, 0.3) is 5.91 Å². The number of benzene rings is 1. The molecule has 1 aliphatic carbocycles. The van der Waals surface area contributed by atoms with Gasteiger partial charge in [0.05, 0.1) is 5.92 Å². The van der Waals surface area contributed by atoms with Crippen molar-refractivity contribution in [3.63, 3.8) is 0 Å². The van der Waals surface area contributed by atoms with Crippen LogP contribution in [0.2, 0.25) is 0 Å². The number of carbonyl (C=O) groups is 2. The third-order valence-corrected chi connectivity index (χ3v) is 5.62. The number of hydrogen-bond donors (Lipinski definition) is 0. The van der Waals surface area contributed by atoms with Crippen LogP contribution in [0.25, 0.3) is 0 Å². The maximum atomic E-state index is 13.1. The van der Waals surface area contributed by atoms with Gasteiger partial charge in [-0.2, -0.15) is 0 Å². The van der Waals surface area contributed by atoms with Gasteiger partial charge < -0.3 is 9.80 Å². The third-order valence-electron chi connectivity index (χ3n) is 5.62. The van der Waals surface area contributed by atoms with Gasteiger partial charge in [-0.05, 0) is 49.9 Å². The quantitative estimate of drug-likeness (QED) is 0.841. The zero-order chi connectivity index (χ0) is 17.8. The number of rotatable bonds is 3. The molecule has 25 heavy (non-hydrogen) atoms. The minimum absolute atomic E-state index is 0.113. The molecule has 1 aromatic carbocycles.